The smallest absolute Gasteiger partial charge is 0.0209 e. The molecule has 0 unspecified atom stereocenters. The summed E-state index contributed by atoms with van der Waals surface area (Å²) in [5.74, 6) is 0. The Hall–Kier alpha value is -0.340. The monoisotopic (exact) mass is 226 g/mol. The zero-order chi connectivity index (χ0) is 10.8. The molecule has 0 aromatic carbocycles. The quantitative estimate of drug-likeness (QED) is 0.581. The van der Waals surface area contributed by atoms with E-state index in [2.05, 4.69) is 49.0 Å². The number of allylic oxidation sites excluding steroid dienone is 4. The minimum Gasteiger partial charge on any atom is -0.0976 e. The van der Waals surface area contributed by atoms with Crippen molar-refractivity contribution in [1.29, 1.82) is 0 Å². The van der Waals surface area contributed by atoms with E-state index in [0.29, 0.717) is 0 Å². The number of rotatable bonds is 5. The predicted octanol–water partition coefficient (Wildman–Crippen LogP) is 5.33. The number of hydrogen-bond acceptors (Lipinski definition) is 2. The van der Waals surface area contributed by atoms with Crippen LogP contribution in [-0.4, -0.2) is 0 Å². The molecule has 0 aromatic heterocycles. The minimum absolute atomic E-state index is 1.31. The molecule has 0 aliphatic carbocycles. The van der Waals surface area contributed by atoms with E-state index in [4.69, 9.17) is 0 Å². The molecule has 14 heavy (non-hydrogen) atoms. The maximum Gasteiger partial charge on any atom is 0.0209 e. The fourth-order valence-electron chi connectivity index (χ4n) is 0.819. The summed E-state index contributed by atoms with van der Waals surface area (Å²) in [6, 6.07) is 0. The van der Waals surface area contributed by atoms with Crippen LogP contribution in [0.4, 0.5) is 0 Å². The van der Waals surface area contributed by atoms with Gasteiger partial charge in [0.05, 0.1) is 0 Å². The normalized spacial score (nSPS) is 14.6. The van der Waals surface area contributed by atoms with Gasteiger partial charge in [-0.25, -0.2) is 0 Å². The van der Waals surface area contributed by atoms with E-state index >= 15 is 0 Å². The van der Waals surface area contributed by atoms with Crippen molar-refractivity contribution in [2.75, 3.05) is 0 Å². The molecule has 0 saturated heterocycles. The summed E-state index contributed by atoms with van der Waals surface area (Å²) >= 11 is 3.52. The van der Waals surface area contributed by atoms with Gasteiger partial charge in [0.1, 0.15) is 0 Å². The van der Waals surface area contributed by atoms with Crippen LogP contribution in [-0.2, 0) is 0 Å². The Bertz CT molecular complexity index is 229. The maximum atomic E-state index is 2.15. The SMILES string of the molecule is C/C=C\SC(=C\C)/C(=C/C)S/C=C\C. The number of thioether (sulfide) groups is 2. The zero-order valence-corrected chi connectivity index (χ0v) is 10.9. The minimum atomic E-state index is 1.31. The molecule has 0 fully saturated rings. The van der Waals surface area contributed by atoms with Crippen molar-refractivity contribution in [2.45, 2.75) is 27.7 Å². The Morgan fingerprint density at radius 1 is 0.714 bits per heavy atom. The van der Waals surface area contributed by atoms with Gasteiger partial charge in [-0.05, 0) is 38.5 Å². The van der Waals surface area contributed by atoms with E-state index in [1.807, 2.05) is 13.8 Å². The molecule has 2 heteroatoms. The highest BCUT2D eigenvalue weighted by Crippen LogP contribution is 2.33. The van der Waals surface area contributed by atoms with Crippen LogP contribution >= 0.6 is 23.5 Å². The molecule has 0 bridgehead atoms. The van der Waals surface area contributed by atoms with Gasteiger partial charge in [0.15, 0.2) is 0 Å². The van der Waals surface area contributed by atoms with Gasteiger partial charge < -0.3 is 0 Å². The standard InChI is InChI=1S/C12H18S2/c1-5-9-13-11(7-3)12(8-4)14-10-6-2/h5-10H,1-4H3/b9-5-,10-6-,11-7-,12-8-. The van der Waals surface area contributed by atoms with E-state index in [1.165, 1.54) is 9.81 Å². The molecule has 0 saturated carbocycles. The van der Waals surface area contributed by atoms with Crippen molar-refractivity contribution in [3.05, 3.63) is 44.9 Å². The molecule has 0 radical (unpaired) electrons. The lowest BCUT2D eigenvalue weighted by atomic mass is 10.4. The molecule has 0 heterocycles. The van der Waals surface area contributed by atoms with Crippen LogP contribution in [0, 0.1) is 0 Å². The summed E-state index contributed by atoms with van der Waals surface area (Å²) < 4.78 is 0. The summed E-state index contributed by atoms with van der Waals surface area (Å²) in [5, 5.41) is 4.21. The van der Waals surface area contributed by atoms with Crippen LogP contribution in [0.3, 0.4) is 0 Å². The van der Waals surface area contributed by atoms with Crippen molar-refractivity contribution in [2.24, 2.45) is 0 Å². The third kappa shape index (κ3) is 5.40. The Labute approximate surface area is 96.2 Å². The van der Waals surface area contributed by atoms with Gasteiger partial charge in [-0.1, -0.05) is 47.8 Å². The second-order valence-corrected chi connectivity index (χ2v) is 4.38. The van der Waals surface area contributed by atoms with Crippen LogP contribution < -0.4 is 0 Å². The first-order valence-electron chi connectivity index (χ1n) is 4.68. The molecule has 0 spiro atoms. The molecule has 0 atom stereocenters. The summed E-state index contributed by atoms with van der Waals surface area (Å²) in [5.41, 5.74) is 0. The van der Waals surface area contributed by atoms with Gasteiger partial charge in [-0.2, -0.15) is 0 Å². The third-order valence-corrected chi connectivity index (χ3v) is 3.79. The summed E-state index contributed by atoms with van der Waals surface area (Å²) in [6.45, 7) is 8.22. The van der Waals surface area contributed by atoms with Gasteiger partial charge in [-0.3, -0.25) is 0 Å². The lowest BCUT2D eigenvalue weighted by Crippen LogP contribution is -1.76. The van der Waals surface area contributed by atoms with Crippen molar-refractivity contribution in [3.63, 3.8) is 0 Å². The van der Waals surface area contributed by atoms with Crippen molar-refractivity contribution >= 4 is 23.5 Å². The van der Waals surface area contributed by atoms with E-state index in [1.54, 1.807) is 23.5 Å². The van der Waals surface area contributed by atoms with Crippen molar-refractivity contribution in [3.8, 4) is 0 Å². The largest absolute Gasteiger partial charge is 0.0976 e. The van der Waals surface area contributed by atoms with E-state index in [-0.39, 0.29) is 0 Å². The molecule has 0 aromatic rings. The van der Waals surface area contributed by atoms with Crippen LogP contribution in [0.2, 0.25) is 0 Å². The van der Waals surface area contributed by atoms with E-state index < -0.39 is 0 Å². The predicted molar refractivity (Wildman–Crippen MR) is 72.3 cm³/mol. The molecule has 0 aliphatic rings. The third-order valence-electron chi connectivity index (χ3n) is 1.43. The fraction of sp³-hybridized carbons (Fsp3) is 0.333. The molecule has 0 rings (SSSR count). The first kappa shape index (κ1) is 13.7. The Kier molecular flexibility index (Phi) is 9.00. The Morgan fingerprint density at radius 3 is 1.29 bits per heavy atom. The van der Waals surface area contributed by atoms with Crippen molar-refractivity contribution < 1.29 is 0 Å². The average Bonchev–Trinajstić information content (AvgIpc) is 2.23. The molecule has 0 nitrogen and oxygen atoms in total. The van der Waals surface area contributed by atoms with Gasteiger partial charge in [0, 0.05) is 9.81 Å². The van der Waals surface area contributed by atoms with Crippen LogP contribution in [0.15, 0.2) is 44.9 Å². The van der Waals surface area contributed by atoms with Gasteiger partial charge >= 0.3 is 0 Å². The van der Waals surface area contributed by atoms with Gasteiger partial charge in [-0.15, -0.1) is 0 Å². The second-order valence-electron chi connectivity index (χ2n) is 2.48. The highest BCUT2D eigenvalue weighted by Gasteiger charge is 2.00. The highest BCUT2D eigenvalue weighted by molar-refractivity contribution is 8.10. The first-order valence-corrected chi connectivity index (χ1v) is 6.44. The zero-order valence-electron chi connectivity index (χ0n) is 9.28. The second kappa shape index (κ2) is 9.22. The molecule has 0 aliphatic heterocycles. The maximum absolute atomic E-state index is 2.15. The van der Waals surface area contributed by atoms with Crippen LogP contribution in [0.25, 0.3) is 0 Å². The first-order chi connectivity index (χ1) is 6.79. The fourth-order valence-corrected chi connectivity index (χ4v) is 2.41. The molecular formula is C12H18S2. The number of hydrogen-bond donors (Lipinski definition) is 0. The average molecular weight is 226 g/mol. The Balaban J connectivity index is 4.48. The Morgan fingerprint density at radius 2 is 1.07 bits per heavy atom. The molecule has 0 amide bonds. The van der Waals surface area contributed by atoms with Crippen molar-refractivity contribution in [1.82, 2.24) is 0 Å². The van der Waals surface area contributed by atoms with E-state index in [0.717, 1.165) is 0 Å². The van der Waals surface area contributed by atoms with E-state index in [9.17, 15) is 0 Å². The molecular weight excluding hydrogens is 208 g/mol. The lowest BCUT2D eigenvalue weighted by Gasteiger charge is -2.05. The topological polar surface area (TPSA) is 0 Å². The summed E-state index contributed by atoms with van der Waals surface area (Å²) in [7, 11) is 0. The summed E-state index contributed by atoms with van der Waals surface area (Å²) in [4.78, 5) is 2.63. The molecule has 0 N–H and O–H groups in total. The summed E-state index contributed by atoms with van der Waals surface area (Å²) in [6.07, 6.45) is 8.41. The van der Waals surface area contributed by atoms with Crippen LogP contribution in [0.1, 0.15) is 27.7 Å². The highest BCUT2D eigenvalue weighted by atomic mass is 32.2. The lowest BCUT2D eigenvalue weighted by molar-refractivity contribution is 1.63. The molecule has 78 valence electrons. The van der Waals surface area contributed by atoms with Crippen LogP contribution in [0.5, 0.6) is 0 Å². The van der Waals surface area contributed by atoms with Gasteiger partial charge in [0.25, 0.3) is 0 Å². The van der Waals surface area contributed by atoms with Gasteiger partial charge in [0.2, 0.25) is 0 Å².